The number of hydrogen-bond acceptors (Lipinski definition) is 2. The molecule has 1 atom stereocenters. The molecular weight excluding hydrogens is 414 g/mol. The van der Waals surface area contributed by atoms with E-state index in [1.54, 1.807) is 0 Å². The van der Waals surface area contributed by atoms with Gasteiger partial charge in [0.15, 0.2) is 0 Å². The summed E-state index contributed by atoms with van der Waals surface area (Å²) < 4.78 is 55.5. The predicted octanol–water partition coefficient (Wildman–Crippen LogP) is 4.76. The monoisotopic (exact) mass is 427 g/mol. The Morgan fingerprint density at radius 1 is 0.958 bits per heavy atom. The lowest BCUT2D eigenvalue weighted by atomic mass is 9.92. The molecule has 2 aromatic rings. The average molecular weight is 429 g/mol. The van der Waals surface area contributed by atoms with E-state index in [0.717, 1.165) is 12.1 Å². The summed E-state index contributed by atoms with van der Waals surface area (Å²) in [5.41, 5.74) is 6.17. The van der Waals surface area contributed by atoms with Gasteiger partial charge in [-0.25, -0.2) is 17.6 Å². The van der Waals surface area contributed by atoms with Crippen LogP contribution in [0.25, 0.3) is 0 Å². The second kappa shape index (κ2) is 9.36. The lowest BCUT2D eigenvalue weighted by Gasteiger charge is -2.31. The van der Waals surface area contributed by atoms with E-state index in [2.05, 4.69) is 15.9 Å². The lowest BCUT2D eigenvalue weighted by molar-refractivity contribution is -0.0446. The van der Waals surface area contributed by atoms with Gasteiger partial charge in [0.2, 0.25) is 0 Å². The van der Waals surface area contributed by atoms with Crippen LogP contribution in [-0.4, -0.2) is 13.2 Å². The molecule has 2 aromatic carbocycles. The first kappa shape index (κ1) is 20.9. The normalized spacial score (nSPS) is 14.8. The standard InChI is InChI=1S/C10H11F2NO.C6H3BrF2.ClH/c11-7-1-2-8(9(12)3-7)10(13)6-4-14-5-6;7-5-2-1-4(8)3-6(5)9;/h1-3,6,10H,4-5,13H2;1-3H;1H. The molecule has 0 spiro atoms. The van der Waals surface area contributed by atoms with Gasteiger partial charge in [-0.05, 0) is 34.1 Å². The Bertz CT molecular complexity index is 685. The SMILES string of the molecule is Cl.Fc1ccc(Br)c(F)c1.NC(c1ccc(F)cc1F)C1COC1. The summed E-state index contributed by atoms with van der Waals surface area (Å²) in [5.74, 6) is -2.15. The molecule has 1 aliphatic heterocycles. The van der Waals surface area contributed by atoms with Gasteiger partial charge < -0.3 is 10.5 Å². The Hall–Kier alpha value is -1.15. The van der Waals surface area contributed by atoms with Crippen LogP contribution in [-0.2, 0) is 4.74 Å². The van der Waals surface area contributed by atoms with Crippen molar-refractivity contribution in [3.05, 3.63) is 69.7 Å². The first-order chi connectivity index (χ1) is 10.9. The molecular formula is C16H15BrClF4NO. The highest BCUT2D eigenvalue weighted by atomic mass is 79.9. The number of rotatable bonds is 2. The smallest absolute Gasteiger partial charge is 0.140 e. The Labute approximate surface area is 151 Å². The molecule has 0 saturated carbocycles. The number of hydrogen-bond donors (Lipinski definition) is 1. The van der Waals surface area contributed by atoms with Crippen molar-refractivity contribution in [3.63, 3.8) is 0 Å². The van der Waals surface area contributed by atoms with Crippen molar-refractivity contribution in [2.24, 2.45) is 11.7 Å². The van der Waals surface area contributed by atoms with Gasteiger partial charge in [-0.15, -0.1) is 12.4 Å². The van der Waals surface area contributed by atoms with E-state index in [0.29, 0.717) is 18.8 Å². The maximum absolute atomic E-state index is 13.3. The third-order valence-corrected chi connectivity index (χ3v) is 4.02. The highest BCUT2D eigenvalue weighted by Gasteiger charge is 2.28. The predicted molar refractivity (Wildman–Crippen MR) is 88.9 cm³/mol. The maximum atomic E-state index is 13.3. The zero-order valence-corrected chi connectivity index (χ0v) is 14.7. The Morgan fingerprint density at radius 3 is 1.92 bits per heavy atom. The molecule has 1 unspecified atom stereocenters. The van der Waals surface area contributed by atoms with Gasteiger partial charge in [-0.1, -0.05) is 6.07 Å². The van der Waals surface area contributed by atoms with Crippen molar-refractivity contribution in [2.45, 2.75) is 6.04 Å². The summed E-state index contributed by atoms with van der Waals surface area (Å²) in [7, 11) is 0. The van der Waals surface area contributed by atoms with Crippen molar-refractivity contribution in [2.75, 3.05) is 13.2 Å². The molecule has 8 heteroatoms. The maximum Gasteiger partial charge on any atom is 0.140 e. The molecule has 0 bridgehead atoms. The minimum Gasteiger partial charge on any atom is -0.381 e. The molecule has 2 N–H and O–H groups in total. The van der Waals surface area contributed by atoms with Gasteiger partial charge in [0.05, 0.1) is 17.7 Å². The topological polar surface area (TPSA) is 35.2 Å². The Balaban J connectivity index is 0.000000252. The quantitative estimate of drug-likeness (QED) is 0.553. The van der Waals surface area contributed by atoms with Crippen LogP contribution in [0.2, 0.25) is 0 Å². The molecule has 132 valence electrons. The zero-order chi connectivity index (χ0) is 17.0. The minimum absolute atomic E-state index is 0. The molecule has 1 aliphatic rings. The molecule has 1 heterocycles. The molecule has 3 rings (SSSR count). The van der Waals surface area contributed by atoms with Gasteiger partial charge in [0.25, 0.3) is 0 Å². The fraction of sp³-hybridized carbons (Fsp3) is 0.250. The van der Waals surface area contributed by atoms with Gasteiger partial charge >= 0.3 is 0 Å². The van der Waals surface area contributed by atoms with E-state index in [-0.39, 0.29) is 22.8 Å². The van der Waals surface area contributed by atoms with Crippen molar-refractivity contribution < 1.29 is 22.3 Å². The second-order valence-corrected chi connectivity index (χ2v) is 5.90. The summed E-state index contributed by atoms with van der Waals surface area (Å²) >= 11 is 2.89. The number of nitrogens with two attached hydrogens (primary N) is 1. The van der Waals surface area contributed by atoms with E-state index in [1.165, 1.54) is 24.3 Å². The number of benzene rings is 2. The molecule has 24 heavy (non-hydrogen) atoms. The summed E-state index contributed by atoms with van der Waals surface area (Å²) in [5, 5.41) is 0. The Kier molecular flexibility index (Phi) is 8.15. The zero-order valence-electron chi connectivity index (χ0n) is 12.3. The van der Waals surface area contributed by atoms with Crippen molar-refractivity contribution in [3.8, 4) is 0 Å². The van der Waals surface area contributed by atoms with Crippen LogP contribution < -0.4 is 5.73 Å². The summed E-state index contributed by atoms with van der Waals surface area (Å²) in [6.45, 7) is 1.11. The molecule has 1 fully saturated rings. The van der Waals surface area contributed by atoms with Crippen molar-refractivity contribution in [1.82, 2.24) is 0 Å². The highest BCUT2D eigenvalue weighted by Crippen LogP contribution is 2.27. The molecule has 0 amide bonds. The molecule has 2 nitrogen and oxygen atoms in total. The summed E-state index contributed by atoms with van der Waals surface area (Å²) in [4.78, 5) is 0. The summed E-state index contributed by atoms with van der Waals surface area (Å²) in [6, 6.07) is 6.41. The minimum atomic E-state index is -0.580. The van der Waals surface area contributed by atoms with Crippen molar-refractivity contribution in [1.29, 1.82) is 0 Å². The highest BCUT2D eigenvalue weighted by molar-refractivity contribution is 9.10. The lowest BCUT2D eigenvalue weighted by Crippen LogP contribution is -2.37. The molecule has 0 radical (unpaired) electrons. The van der Waals surface area contributed by atoms with Crippen LogP contribution >= 0.6 is 28.3 Å². The van der Waals surface area contributed by atoms with E-state index in [9.17, 15) is 17.6 Å². The van der Waals surface area contributed by atoms with Crippen molar-refractivity contribution >= 4 is 28.3 Å². The fourth-order valence-electron chi connectivity index (χ4n) is 1.96. The largest absolute Gasteiger partial charge is 0.381 e. The van der Waals surface area contributed by atoms with Gasteiger partial charge in [-0.3, -0.25) is 0 Å². The number of ether oxygens (including phenoxy) is 1. The molecule has 0 aliphatic carbocycles. The van der Waals surface area contributed by atoms with E-state index >= 15 is 0 Å². The van der Waals surface area contributed by atoms with E-state index < -0.39 is 29.3 Å². The Morgan fingerprint density at radius 2 is 1.50 bits per heavy atom. The average Bonchev–Trinajstić information content (AvgIpc) is 2.42. The second-order valence-electron chi connectivity index (χ2n) is 5.05. The molecule has 1 saturated heterocycles. The fourth-order valence-corrected chi connectivity index (χ4v) is 2.20. The van der Waals surface area contributed by atoms with Crippen LogP contribution in [0.1, 0.15) is 11.6 Å². The van der Waals surface area contributed by atoms with Crippen LogP contribution in [0.4, 0.5) is 17.6 Å². The first-order valence-electron chi connectivity index (χ1n) is 6.77. The van der Waals surface area contributed by atoms with Gasteiger partial charge in [0, 0.05) is 29.7 Å². The van der Waals surface area contributed by atoms with Gasteiger partial charge in [0.1, 0.15) is 23.3 Å². The molecule has 0 aromatic heterocycles. The number of halogens is 6. The van der Waals surface area contributed by atoms with Crippen LogP contribution in [0.5, 0.6) is 0 Å². The summed E-state index contributed by atoms with van der Waals surface area (Å²) in [6.07, 6.45) is 0. The first-order valence-corrected chi connectivity index (χ1v) is 7.56. The third kappa shape index (κ3) is 5.44. The van der Waals surface area contributed by atoms with Crippen LogP contribution in [0, 0.1) is 29.2 Å². The van der Waals surface area contributed by atoms with Crippen LogP contribution in [0.3, 0.4) is 0 Å². The third-order valence-electron chi connectivity index (χ3n) is 3.37. The van der Waals surface area contributed by atoms with Crippen LogP contribution in [0.15, 0.2) is 40.9 Å². The van der Waals surface area contributed by atoms with Gasteiger partial charge in [-0.2, -0.15) is 0 Å². The van der Waals surface area contributed by atoms with E-state index in [1.807, 2.05) is 0 Å². The van der Waals surface area contributed by atoms with E-state index in [4.69, 9.17) is 10.5 Å².